The zero-order valence-electron chi connectivity index (χ0n) is 8.26. The number of hydrogen-bond acceptors (Lipinski definition) is 2. The van der Waals surface area contributed by atoms with Gasteiger partial charge in [-0.15, -0.1) is 0 Å². The van der Waals surface area contributed by atoms with E-state index in [1.165, 1.54) is 0 Å². The Balaban J connectivity index is 5.08. The Morgan fingerprint density at radius 3 is 1.82 bits per heavy atom. The smallest absolute Gasteiger partial charge is 0.471 e. The van der Waals surface area contributed by atoms with Gasteiger partial charge < -0.3 is 10.0 Å². The van der Waals surface area contributed by atoms with Crippen LogP contribution < -0.4 is 0 Å². The highest BCUT2D eigenvalue weighted by Crippen LogP contribution is 2.29. The molecule has 0 aliphatic heterocycles. The monoisotopic (exact) mass is 267 g/mol. The normalized spacial score (nSPS) is 14.3. The maximum Gasteiger partial charge on any atom is 0.471 e. The molecule has 0 saturated heterocycles. The van der Waals surface area contributed by atoms with E-state index >= 15 is 0 Å². The molecule has 100 valence electrons. The molecule has 1 unspecified atom stereocenters. The molecule has 17 heavy (non-hydrogen) atoms. The minimum absolute atomic E-state index is 0.247. The largest absolute Gasteiger partial charge is 0.481 e. The van der Waals surface area contributed by atoms with Crippen LogP contribution in [0.5, 0.6) is 0 Å². The van der Waals surface area contributed by atoms with Gasteiger partial charge in [0.25, 0.3) is 0 Å². The van der Waals surface area contributed by atoms with Crippen LogP contribution in [0.25, 0.3) is 0 Å². The Bertz CT molecular complexity index is 310. The summed E-state index contributed by atoms with van der Waals surface area (Å²) in [6.07, 6.45) is -12.4. The van der Waals surface area contributed by atoms with Crippen molar-refractivity contribution in [2.24, 2.45) is 0 Å². The maximum atomic E-state index is 12.3. The van der Waals surface area contributed by atoms with E-state index < -0.39 is 41.6 Å². The topological polar surface area (TPSA) is 57.6 Å². The molecule has 0 fully saturated rings. The van der Waals surface area contributed by atoms with E-state index in [-0.39, 0.29) is 7.05 Å². The summed E-state index contributed by atoms with van der Waals surface area (Å²) in [5, 5.41) is 8.16. The van der Waals surface area contributed by atoms with Gasteiger partial charge in [0, 0.05) is 7.05 Å². The summed E-state index contributed by atoms with van der Waals surface area (Å²) in [6, 6.07) is -3.02. The van der Waals surface area contributed by atoms with Crippen LogP contribution in [0.15, 0.2) is 0 Å². The van der Waals surface area contributed by atoms with Gasteiger partial charge in [0.15, 0.2) is 0 Å². The quantitative estimate of drug-likeness (QED) is 0.786. The van der Waals surface area contributed by atoms with Crippen molar-refractivity contribution in [2.75, 3.05) is 7.05 Å². The van der Waals surface area contributed by atoms with Crippen molar-refractivity contribution in [1.82, 2.24) is 4.90 Å². The summed E-state index contributed by atoms with van der Waals surface area (Å²) in [5.74, 6) is -4.71. The number of carboxylic acid groups (broad SMARTS) is 1. The number of carbonyl (C=O) groups excluding carboxylic acids is 1. The fraction of sp³-hybridized carbons (Fsp3) is 0.714. The molecule has 0 bridgehead atoms. The van der Waals surface area contributed by atoms with Crippen molar-refractivity contribution < 1.29 is 41.0 Å². The van der Waals surface area contributed by atoms with E-state index in [1.807, 2.05) is 0 Å². The lowest BCUT2D eigenvalue weighted by Gasteiger charge is -2.29. The third-order valence-electron chi connectivity index (χ3n) is 1.78. The molecule has 4 nitrogen and oxygen atoms in total. The number of carbonyl (C=O) groups is 2. The predicted molar refractivity (Wildman–Crippen MR) is 40.9 cm³/mol. The summed E-state index contributed by atoms with van der Waals surface area (Å²) in [4.78, 5) is 20.0. The average Bonchev–Trinajstić information content (AvgIpc) is 2.08. The van der Waals surface area contributed by atoms with Gasteiger partial charge in [-0.2, -0.15) is 26.3 Å². The van der Waals surface area contributed by atoms with Crippen LogP contribution in [0.3, 0.4) is 0 Å². The molecule has 1 N–H and O–H groups in total. The fourth-order valence-corrected chi connectivity index (χ4v) is 0.979. The molecule has 0 aromatic rings. The van der Waals surface area contributed by atoms with Gasteiger partial charge in [-0.25, -0.2) is 0 Å². The number of nitrogens with zero attached hydrogens (tertiary/aromatic N) is 1. The first-order valence-electron chi connectivity index (χ1n) is 4.00. The van der Waals surface area contributed by atoms with Crippen molar-refractivity contribution in [3.05, 3.63) is 0 Å². The van der Waals surface area contributed by atoms with E-state index in [2.05, 4.69) is 0 Å². The highest BCUT2D eigenvalue weighted by Gasteiger charge is 2.51. The van der Waals surface area contributed by atoms with Gasteiger partial charge in [-0.1, -0.05) is 0 Å². The molecule has 0 aliphatic rings. The van der Waals surface area contributed by atoms with Gasteiger partial charge in [0.1, 0.15) is 6.04 Å². The molecule has 0 radical (unpaired) electrons. The van der Waals surface area contributed by atoms with Crippen LogP contribution in [0.1, 0.15) is 6.42 Å². The lowest BCUT2D eigenvalue weighted by atomic mass is 10.1. The predicted octanol–water partition coefficient (Wildman–Crippen LogP) is 1.41. The second-order valence-electron chi connectivity index (χ2n) is 3.07. The van der Waals surface area contributed by atoms with E-state index in [0.717, 1.165) is 0 Å². The average molecular weight is 267 g/mol. The second-order valence-corrected chi connectivity index (χ2v) is 3.07. The number of hydrogen-bond donors (Lipinski definition) is 1. The minimum Gasteiger partial charge on any atom is -0.481 e. The molecule has 0 aliphatic carbocycles. The van der Waals surface area contributed by atoms with Crippen molar-refractivity contribution in [3.8, 4) is 0 Å². The van der Waals surface area contributed by atoms with Crippen molar-refractivity contribution in [1.29, 1.82) is 0 Å². The molecule has 0 aromatic heterocycles. The Kier molecular flexibility index (Phi) is 4.38. The molecular formula is C7H7F6NO3. The molecule has 0 aromatic carbocycles. The summed E-state index contributed by atoms with van der Waals surface area (Å²) in [5.41, 5.74) is 0. The molecule has 0 spiro atoms. The lowest BCUT2D eigenvalue weighted by Crippen LogP contribution is -2.51. The summed E-state index contributed by atoms with van der Waals surface area (Å²) < 4.78 is 72.4. The lowest BCUT2D eigenvalue weighted by molar-refractivity contribution is -0.213. The van der Waals surface area contributed by atoms with Crippen LogP contribution in [0.4, 0.5) is 26.3 Å². The van der Waals surface area contributed by atoms with E-state index in [0.29, 0.717) is 0 Å². The summed E-state index contributed by atoms with van der Waals surface area (Å²) in [7, 11) is 0.247. The van der Waals surface area contributed by atoms with Crippen LogP contribution in [0, 0.1) is 0 Å². The maximum absolute atomic E-state index is 12.3. The third kappa shape index (κ3) is 4.49. The highest BCUT2D eigenvalue weighted by molar-refractivity contribution is 5.82. The molecule has 0 heterocycles. The van der Waals surface area contributed by atoms with Crippen LogP contribution in [0.2, 0.25) is 0 Å². The Morgan fingerprint density at radius 2 is 1.59 bits per heavy atom. The minimum atomic E-state index is -5.49. The van der Waals surface area contributed by atoms with Crippen LogP contribution in [-0.2, 0) is 9.59 Å². The molecule has 0 saturated carbocycles. The van der Waals surface area contributed by atoms with Gasteiger partial charge >= 0.3 is 24.2 Å². The number of halogens is 6. The van der Waals surface area contributed by atoms with Gasteiger partial charge in [-0.05, 0) is 0 Å². The van der Waals surface area contributed by atoms with Gasteiger partial charge in [-0.3, -0.25) is 9.59 Å². The second kappa shape index (κ2) is 4.80. The van der Waals surface area contributed by atoms with Crippen LogP contribution >= 0.6 is 0 Å². The van der Waals surface area contributed by atoms with Crippen LogP contribution in [-0.4, -0.2) is 47.3 Å². The third-order valence-corrected chi connectivity index (χ3v) is 1.78. The highest BCUT2D eigenvalue weighted by atomic mass is 19.4. The fourth-order valence-electron chi connectivity index (χ4n) is 0.979. The standard InChI is InChI=1S/C7H7F6NO3/c1-14(5(17)7(11,12)13)3(2-4(15)16)6(8,9)10/h3H,2H2,1H3,(H,15,16). The number of carboxylic acids is 1. The number of amides is 1. The Hall–Kier alpha value is -1.48. The van der Waals surface area contributed by atoms with E-state index in [1.54, 1.807) is 0 Å². The number of aliphatic carboxylic acids is 1. The molecule has 1 amide bonds. The Morgan fingerprint density at radius 1 is 1.18 bits per heavy atom. The molecular weight excluding hydrogens is 260 g/mol. The van der Waals surface area contributed by atoms with Gasteiger partial charge in [0.2, 0.25) is 0 Å². The van der Waals surface area contributed by atoms with E-state index in [4.69, 9.17) is 5.11 Å². The van der Waals surface area contributed by atoms with Crippen molar-refractivity contribution in [2.45, 2.75) is 24.8 Å². The zero-order chi connectivity index (χ0) is 14.0. The van der Waals surface area contributed by atoms with Crippen molar-refractivity contribution >= 4 is 11.9 Å². The zero-order valence-corrected chi connectivity index (χ0v) is 8.26. The first-order chi connectivity index (χ1) is 7.37. The first-order valence-corrected chi connectivity index (χ1v) is 4.00. The molecule has 10 heteroatoms. The molecule has 1 atom stereocenters. The number of rotatable bonds is 3. The Labute approximate surface area is 90.8 Å². The molecule has 0 rings (SSSR count). The SMILES string of the molecule is CN(C(=O)C(F)(F)F)C(CC(=O)O)C(F)(F)F. The van der Waals surface area contributed by atoms with Crippen molar-refractivity contribution in [3.63, 3.8) is 0 Å². The van der Waals surface area contributed by atoms with E-state index in [9.17, 15) is 35.9 Å². The summed E-state index contributed by atoms with van der Waals surface area (Å²) >= 11 is 0. The number of alkyl halides is 6. The first kappa shape index (κ1) is 15.5. The van der Waals surface area contributed by atoms with Gasteiger partial charge in [0.05, 0.1) is 6.42 Å². The summed E-state index contributed by atoms with van der Waals surface area (Å²) in [6.45, 7) is 0.